The summed E-state index contributed by atoms with van der Waals surface area (Å²) < 4.78 is 11.5. The highest BCUT2D eigenvalue weighted by Crippen LogP contribution is 2.35. The highest BCUT2D eigenvalue weighted by atomic mass is 32.2. The highest BCUT2D eigenvalue weighted by molar-refractivity contribution is 8.18. The number of nitrogens with zero attached hydrogens (tertiary/aromatic N) is 1. The fraction of sp³-hybridized carbons (Fsp3) is 0.233. The summed E-state index contributed by atoms with van der Waals surface area (Å²) in [7, 11) is 0. The first-order chi connectivity index (χ1) is 18.2. The Morgan fingerprint density at radius 3 is 2.47 bits per heavy atom. The largest absolute Gasteiger partial charge is 0.490 e. The van der Waals surface area contributed by atoms with Crippen LogP contribution >= 0.6 is 11.8 Å². The van der Waals surface area contributed by atoms with Crippen molar-refractivity contribution in [2.45, 2.75) is 34.2 Å². The van der Waals surface area contributed by atoms with E-state index in [9.17, 15) is 14.4 Å². The number of carbonyl (C=O) groups is 3. The molecule has 1 saturated heterocycles. The molecule has 0 aliphatic carbocycles. The Labute approximate surface area is 226 Å². The van der Waals surface area contributed by atoms with Crippen LogP contribution in [0.15, 0.2) is 65.6 Å². The molecule has 0 spiro atoms. The van der Waals surface area contributed by atoms with Crippen LogP contribution in [0, 0.1) is 20.8 Å². The van der Waals surface area contributed by atoms with Gasteiger partial charge in [0.25, 0.3) is 17.1 Å². The third-order valence-electron chi connectivity index (χ3n) is 5.88. The lowest BCUT2D eigenvalue weighted by atomic mass is 10.1. The van der Waals surface area contributed by atoms with Crippen molar-refractivity contribution in [3.05, 3.63) is 93.4 Å². The Bertz CT molecular complexity index is 1420. The van der Waals surface area contributed by atoms with E-state index in [0.29, 0.717) is 28.6 Å². The van der Waals surface area contributed by atoms with Crippen LogP contribution < -0.4 is 14.8 Å². The molecule has 0 radical (unpaired) electrons. The van der Waals surface area contributed by atoms with Gasteiger partial charge < -0.3 is 14.8 Å². The van der Waals surface area contributed by atoms with E-state index in [0.717, 1.165) is 39.7 Å². The molecule has 1 aliphatic heterocycles. The summed E-state index contributed by atoms with van der Waals surface area (Å²) in [5.74, 6) is 0.237. The second-order valence-corrected chi connectivity index (χ2v) is 10.0. The number of ether oxygens (including phenoxy) is 2. The van der Waals surface area contributed by atoms with Crippen molar-refractivity contribution in [3.63, 3.8) is 0 Å². The second kappa shape index (κ2) is 12.0. The number of nitrogens with one attached hydrogen (secondary N) is 1. The molecule has 1 fully saturated rings. The highest BCUT2D eigenvalue weighted by Gasteiger charge is 2.35. The number of carbonyl (C=O) groups excluding carboxylic acids is 3. The summed E-state index contributed by atoms with van der Waals surface area (Å²) in [6.07, 6.45) is 1.67. The predicted octanol–water partition coefficient (Wildman–Crippen LogP) is 6.26. The molecule has 0 unspecified atom stereocenters. The number of amides is 3. The van der Waals surface area contributed by atoms with E-state index in [4.69, 9.17) is 9.47 Å². The maximum absolute atomic E-state index is 13.0. The molecule has 196 valence electrons. The van der Waals surface area contributed by atoms with Gasteiger partial charge in [-0.05, 0) is 80.4 Å². The van der Waals surface area contributed by atoms with Crippen molar-refractivity contribution in [1.29, 1.82) is 0 Å². The van der Waals surface area contributed by atoms with Gasteiger partial charge in [-0.1, -0.05) is 53.6 Å². The van der Waals surface area contributed by atoms with Gasteiger partial charge in [-0.2, -0.15) is 0 Å². The summed E-state index contributed by atoms with van der Waals surface area (Å²) in [6.45, 7) is 8.18. The molecule has 0 atom stereocenters. The third kappa shape index (κ3) is 6.63. The smallest absolute Gasteiger partial charge is 0.293 e. The molecule has 8 heteroatoms. The zero-order valence-corrected chi connectivity index (χ0v) is 22.7. The molecule has 3 amide bonds. The van der Waals surface area contributed by atoms with Crippen LogP contribution in [-0.4, -0.2) is 35.2 Å². The van der Waals surface area contributed by atoms with Crippen LogP contribution in [0.1, 0.15) is 34.7 Å². The minimum absolute atomic E-state index is 0.190. The fourth-order valence-electron chi connectivity index (χ4n) is 4.07. The number of anilines is 1. The molecule has 7 nitrogen and oxygen atoms in total. The fourth-order valence-corrected chi connectivity index (χ4v) is 4.90. The van der Waals surface area contributed by atoms with Gasteiger partial charge in [0.15, 0.2) is 18.1 Å². The number of hydrogen-bond donors (Lipinski definition) is 1. The number of aryl methyl sites for hydroxylation is 3. The third-order valence-corrected chi connectivity index (χ3v) is 6.78. The number of thioether (sulfide) groups is 1. The van der Waals surface area contributed by atoms with Crippen molar-refractivity contribution in [2.24, 2.45) is 0 Å². The number of hydrogen-bond acceptors (Lipinski definition) is 6. The first-order valence-corrected chi connectivity index (χ1v) is 13.1. The van der Waals surface area contributed by atoms with Crippen LogP contribution in [0.25, 0.3) is 6.08 Å². The number of rotatable bonds is 9. The van der Waals surface area contributed by atoms with E-state index in [1.807, 2.05) is 70.2 Å². The van der Waals surface area contributed by atoms with E-state index in [1.165, 1.54) is 4.90 Å². The lowest BCUT2D eigenvalue weighted by Gasteiger charge is -2.14. The van der Waals surface area contributed by atoms with Crippen LogP contribution in [0.3, 0.4) is 0 Å². The monoisotopic (exact) mass is 530 g/mol. The average Bonchev–Trinajstić information content (AvgIpc) is 3.13. The van der Waals surface area contributed by atoms with E-state index in [-0.39, 0.29) is 30.2 Å². The molecule has 4 rings (SSSR count). The second-order valence-electron chi connectivity index (χ2n) is 9.05. The van der Waals surface area contributed by atoms with Crippen LogP contribution in [-0.2, 0) is 16.1 Å². The first-order valence-electron chi connectivity index (χ1n) is 12.3. The summed E-state index contributed by atoms with van der Waals surface area (Å²) >= 11 is 0.914. The molecule has 1 heterocycles. The van der Waals surface area contributed by atoms with Crippen molar-refractivity contribution < 1.29 is 23.9 Å². The Kier molecular flexibility index (Phi) is 8.53. The topological polar surface area (TPSA) is 84.9 Å². The molecular weight excluding hydrogens is 500 g/mol. The summed E-state index contributed by atoms with van der Waals surface area (Å²) in [5.41, 5.74) is 5.48. The van der Waals surface area contributed by atoms with E-state index >= 15 is 0 Å². The standard InChI is InChI=1S/C30H30N2O5S/c1-5-36-26-15-22(10-12-25(26)37-18-28(33)31-24-11-9-20(3)13-21(24)4)16-27-29(34)32(30(35)38-27)17-23-8-6-7-19(2)14-23/h6-16H,5,17-18H2,1-4H3,(H,31,33)/b27-16-. The molecule has 0 saturated carbocycles. The van der Waals surface area contributed by atoms with Crippen molar-refractivity contribution in [3.8, 4) is 11.5 Å². The van der Waals surface area contributed by atoms with Gasteiger partial charge >= 0.3 is 0 Å². The summed E-state index contributed by atoms with van der Waals surface area (Å²) in [6, 6.07) is 18.7. The maximum Gasteiger partial charge on any atom is 0.293 e. The number of imide groups is 1. The lowest BCUT2D eigenvalue weighted by molar-refractivity contribution is -0.123. The predicted molar refractivity (Wildman–Crippen MR) is 150 cm³/mol. The molecule has 0 bridgehead atoms. The average molecular weight is 531 g/mol. The van der Waals surface area contributed by atoms with Gasteiger partial charge in [-0.15, -0.1) is 0 Å². The Morgan fingerprint density at radius 1 is 0.947 bits per heavy atom. The molecule has 38 heavy (non-hydrogen) atoms. The maximum atomic E-state index is 13.0. The van der Waals surface area contributed by atoms with Crippen LogP contribution in [0.5, 0.6) is 11.5 Å². The van der Waals surface area contributed by atoms with Gasteiger partial charge in [0.05, 0.1) is 18.1 Å². The Balaban J connectivity index is 1.44. The van der Waals surface area contributed by atoms with Crippen molar-refractivity contribution in [1.82, 2.24) is 4.90 Å². The van der Waals surface area contributed by atoms with Crippen LogP contribution in [0.4, 0.5) is 10.5 Å². The minimum atomic E-state index is -0.331. The van der Waals surface area contributed by atoms with Gasteiger partial charge in [0, 0.05) is 5.69 Å². The lowest BCUT2D eigenvalue weighted by Crippen LogP contribution is -2.27. The van der Waals surface area contributed by atoms with E-state index in [2.05, 4.69) is 5.32 Å². The molecular formula is C30H30N2O5S. The summed E-state index contributed by atoms with van der Waals surface area (Å²) in [5, 5.41) is 2.56. The van der Waals surface area contributed by atoms with Crippen molar-refractivity contribution >= 4 is 40.6 Å². The molecule has 1 N–H and O–H groups in total. The molecule has 3 aromatic rings. The van der Waals surface area contributed by atoms with Gasteiger partial charge in [0.2, 0.25) is 0 Å². The quantitative estimate of drug-likeness (QED) is 0.329. The van der Waals surface area contributed by atoms with E-state index < -0.39 is 0 Å². The van der Waals surface area contributed by atoms with Crippen molar-refractivity contribution in [2.75, 3.05) is 18.5 Å². The normalized spacial score (nSPS) is 14.2. The summed E-state index contributed by atoms with van der Waals surface area (Å²) in [4.78, 5) is 39.6. The zero-order valence-electron chi connectivity index (χ0n) is 21.9. The first kappa shape index (κ1) is 27.0. The van der Waals surface area contributed by atoms with Gasteiger partial charge in [-0.3, -0.25) is 19.3 Å². The Hall–Kier alpha value is -4.04. The molecule has 0 aromatic heterocycles. The zero-order chi connectivity index (χ0) is 27.2. The van der Waals surface area contributed by atoms with E-state index in [1.54, 1.807) is 24.3 Å². The Morgan fingerprint density at radius 2 is 1.74 bits per heavy atom. The van der Waals surface area contributed by atoms with Gasteiger partial charge in [0.1, 0.15) is 0 Å². The SMILES string of the molecule is CCOc1cc(/C=C2\SC(=O)N(Cc3cccc(C)c3)C2=O)ccc1OCC(=O)Nc1ccc(C)cc1C. The van der Waals surface area contributed by atoms with Gasteiger partial charge in [-0.25, -0.2) is 0 Å². The molecule has 3 aromatic carbocycles. The minimum Gasteiger partial charge on any atom is -0.490 e. The number of benzene rings is 3. The molecule has 1 aliphatic rings. The van der Waals surface area contributed by atoms with Crippen LogP contribution in [0.2, 0.25) is 0 Å².